The van der Waals surface area contributed by atoms with Gasteiger partial charge in [0, 0.05) is 30.9 Å². The Hall–Kier alpha value is -3.07. The number of hydrogen-bond donors (Lipinski definition) is 2. The van der Waals surface area contributed by atoms with Gasteiger partial charge in [-0.1, -0.05) is 35.3 Å². The number of aromatic carboxylic acids is 1. The topological polar surface area (TPSA) is 90.7 Å². The summed E-state index contributed by atoms with van der Waals surface area (Å²) < 4.78 is 27.4. The van der Waals surface area contributed by atoms with E-state index in [1.807, 2.05) is 0 Å². The Morgan fingerprint density at radius 1 is 0.969 bits per heavy atom. The maximum absolute atomic E-state index is 13.7. The van der Waals surface area contributed by atoms with E-state index in [1.165, 1.54) is 17.2 Å². The quantitative estimate of drug-likeness (QED) is 0.511. The van der Waals surface area contributed by atoms with Gasteiger partial charge in [0.2, 0.25) is 0 Å². The number of carbonyl (C=O) groups excluding carboxylic acids is 1. The van der Waals surface area contributed by atoms with Crippen molar-refractivity contribution in [1.29, 1.82) is 0 Å². The molecule has 1 aromatic heterocycles. The molecule has 2 N–H and O–H groups in total. The van der Waals surface area contributed by atoms with E-state index < -0.39 is 30.1 Å². The Labute approximate surface area is 191 Å². The molecule has 0 aliphatic heterocycles. The smallest absolute Gasteiger partial charge is 0.354 e. The van der Waals surface area contributed by atoms with Gasteiger partial charge in [0.1, 0.15) is 17.3 Å². The number of aromatic nitrogens is 1. The minimum Gasteiger partial charge on any atom is -0.477 e. The molecular formula is C22H16Cl2F2N2O4. The van der Waals surface area contributed by atoms with Crippen LogP contribution in [0.3, 0.4) is 0 Å². The van der Waals surface area contributed by atoms with Gasteiger partial charge < -0.3 is 15.1 Å². The van der Waals surface area contributed by atoms with E-state index >= 15 is 0 Å². The predicted octanol–water partition coefficient (Wildman–Crippen LogP) is 4.70. The van der Waals surface area contributed by atoms with Crippen LogP contribution in [0.25, 0.3) is 0 Å². The second-order valence-corrected chi connectivity index (χ2v) is 7.62. The Kier molecular flexibility index (Phi) is 7.40. The molecular weight excluding hydrogens is 465 g/mol. The van der Waals surface area contributed by atoms with Crippen molar-refractivity contribution >= 4 is 35.1 Å². The highest BCUT2D eigenvalue weighted by atomic mass is 35.5. The zero-order chi connectivity index (χ0) is 23.4. The first kappa shape index (κ1) is 23.6. The Balaban J connectivity index is 2.03. The lowest BCUT2D eigenvalue weighted by atomic mass is 10.1. The number of benzene rings is 2. The van der Waals surface area contributed by atoms with Gasteiger partial charge in [-0.25, -0.2) is 18.6 Å². The summed E-state index contributed by atoms with van der Waals surface area (Å²) in [5, 5.41) is 19.3. The molecule has 0 bridgehead atoms. The molecule has 1 heterocycles. The van der Waals surface area contributed by atoms with Crippen molar-refractivity contribution in [3.63, 3.8) is 0 Å². The van der Waals surface area contributed by atoms with Crippen molar-refractivity contribution in [2.45, 2.75) is 19.7 Å². The number of carboxylic acids is 1. The van der Waals surface area contributed by atoms with Crippen LogP contribution in [0, 0.1) is 11.6 Å². The second-order valence-electron chi connectivity index (χ2n) is 6.83. The number of pyridine rings is 1. The summed E-state index contributed by atoms with van der Waals surface area (Å²) >= 11 is 12.3. The molecule has 0 fully saturated rings. The van der Waals surface area contributed by atoms with Crippen molar-refractivity contribution in [2.24, 2.45) is 0 Å². The summed E-state index contributed by atoms with van der Waals surface area (Å²) in [6.07, 6.45) is 1.22. The fourth-order valence-corrected chi connectivity index (χ4v) is 3.45. The third-order valence-electron chi connectivity index (χ3n) is 4.62. The molecule has 0 atom stereocenters. The number of nitrogens with zero attached hydrogens (tertiary/aromatic N) is 2. The van der Waals surface area contributed by atoms with Gasteiger partial charge in [0.25, 0.3) is 5.91 Å². The van der Waals surface area contributed by atoms with Gasteiger partial charge in [-0.2, -0.15) is 0 Å². The molecule has 1 amide bonds. The van der Waals surface area contributed by atoms with Crippen LogP contribution >= 0.6 is 23.2 Å². The SMILES string of the molecule is O=C(O)c1cc(CO)c(CN(Cc2cccc(Cl)c2Cl)C(=O)c2cc(F)cc(F)c2)cn1. The Morgan fingerprint density at radius 3 is 2.25 bits per heavy atom. The molecule has 166 valence electrons. The summed E-state index contributed by atoms with van der Waals surface area (Å²) in [6.45, 7) is -0.739. The molecule has 10 heteroatoms. The highest BCUT2D eigenvalue weighted by molar-refractivity contribution is 6.42. The van der Waals surface area contributed by atoms with Gasteiger partial charge in [-0.3, -0.25) is 4.79 Å². The normalized spacial score (nSPS) is 10.8. The molecule has 3 aromatic rings. The number of amides is 1. The maximum atomic E-state index is 13.7. The summed E-state index contributed by atoms with van der Waals surface area (Å²) in [5.41, 5.74) is 0.547. The number of carboxylic acid groups (broad SMARTS) is 1. The van der Waals surface area contributed by atoms with Crippen LogP contribution in [0.15, 0.2) is 48.7 Å². The number of rotatable bonds is 7. The first-order chi connectivity index (χ1) is 15.2. The number of aliphatic hydroxyl groups is 1. The van der Waals surface area contributed by atoms with E-state index in [9.17, 15) is 23.5 Å². The third kappa shape index (κ3) is 5.40. The summed E-state index contributed by atoms with van der Waals surface area (Å²) in [7, 11) is 0. The zero-order valence-corrected chi connectivity index (χ0v) is 17.9. The predicted molar refractivity (Wildman–Crippen MR) is 114 cm³/mol. The highest BCUT2D eigenvalue weighted by Crippen LogP contribution is 2.28. The fraction of sp³-hybridized carbons (Fsp3) is 0.136. The van der Waals surface area contributed by atoms with Crippen LogP contribution in [0.2, 0.25) is 10.0 Å². The molecule has 0 unspecified atom stereocenters. The fourth-order valence-electron chi connectivity index (χ4n) is 3.07. The van der Waals surface area contributed by atoms with E-state index in [4.69, 9.17) is 28.3 Å². The summed E-state index contributed by atoms with van der Waals surface area (Å²) in [6, 6.07) is 8.48. The molecule has 0 radical (unpaired) electrons. The molecule has 6 nitrogen and oxygen atoms in total. The maximum Gasteiger partial charge on any atom is 0.354 e. The summed E-state index contributed by atoms with van der Waals surface area (Å²) in [4.78, 5) is 29.4. The third-order valence-corrected chi connectivity index (χ3v) is 5.48. The number of aliphatic hydroxyl groups excluding tert-OH is 1. The van der Waals surface area contributed by atoms with Gasteiger partial charge in [0.05, 0.1) is 16.7 Å². The first-order valence-electron chi connectivity index (χ1n) is 9.19. The van der Waals surface area contributed by atoms with Gasteiger partial charge in [-0.05, 0) is 41.0 Å². The monoisotopic (exact) mass is 480 g/mol. The van der Waals surface area contributed by atoms with Crippen molar-refractivity contribution in [3.8, 4) is 0 Å². The molecule has 0 saturated heterocycles. The number of carbonyl (C=O) groups is 2. The van der Waals surface area contributed by atoms with Gasteiger partial charge in [0.15, 0.2) is 0 Å². The van der Waals surface area contributed by atoms with Crippen LogP contribution in [-0.2, 0) is 19.7 Å². The van der Waals surface area contributed by atoms with Crippen molar-refractivity contribution in [2.75, 3.05) is 0 Å². The number of hydrogen-bond acceptors (Lipinski definition) is 4. The largest absolute Gasteiger partial charge is 0.477 e. The van der Waals surface area contributed by atoms with E-state index in [0.717, 1.165) is 12.1 Å². The van der Waals surface area contributed by atoms with Crippen molar-refractivity contribution in [3.05, 3.63) is 98.3 Å². The van der Waals surface area contributed by atoms with Crippen LogP contribution < -0.4 is 0 Å². The first-order valence-corrected chi connectivity index (χ1v) is 9.95. The second kappa shape index (κ2) is 10.0. The lowest BCUT2D eigenvalue weighted by Gasteiger charge is -2.25. The Bertz CT molecular complexity index is 1170. The Morgan fingerprint density at radius 2 is 1.62 bits per heavy atom. The van der Waals surface area contributed by atoms with Crippen LogP contribution in [0.5, 0.6) is 0 Å². The molecule has 32 heavy (non-hydrogen) atoms. The lowest BCUT2D eigenvalue weighted by Crippen LogP contribution is -2.31. The average Bonchev–Trinajstić information content (AvgIpc) is 2.75. The lowest BCUT2D eigenvalue weighted by molar-refractivity contribution is 0.0686. The van der Waals surface area contributed by atoms with Crippen LogP contribution in [0.1, 0.15) is 37.5 Å². The van der Waals surface area contributed by atoms with Crippen LogP contribution in [-0.4, -0.2) is 32.0 Å². The molecule has 2 aromatic carbocycles. The molecule has 0 spiro atoms. The molecule has 0 aliphatic carbocycles. The molecule has 3 rings (SSSR count). The minimum absolute atomic E-state index is 0.0814. The minimum atomic E-state index is -1.28. The van der Waals surface area contributed by atoms with E-state index in [0.29, 0.717) is 17.2 Å². The van der Waals surface area contributed by atoms with E-state index in [-0.39, 0.29) is 40.0 Å². The van der Waals surface area contributed by atoms with Crippen molar-refractivity contribution < 1.29 is 28.6 Å². The van der Waals surface area contributed by atoms with Crippen LogP contribution in [0.4, 0.5) is 8.78 Å². The van der Waals surface area contributed by atoms with E-state index in [2.05, 4.69) is 4.98 Å². The zero-order valence-electron chi connectivity index (χ0n) is 16.4. The van der Waals surface area contributed by atoms with Crippen molar-refractivity contribution in [1.82, 2.24) is 9.88 Å². The standard InChI is InChI=1S/C22H16Cl2F2N2O4/c23-18-3-1-2-12(20(18)24)9-28(21(30)13-4-16(25)7-17(26)5-13)10-15-8-27-19(22(31)32)6-14(15)11-29/h1-8,29H,9-11H2,(H,31,32). The highest BCUT2D eigenvalue weighted by Gasteiger charge is 2.22. The number of halogens is 4. The van der Waals surface area contributed by atoms with E-state index in [1.54, 1.807) is 18.2 Å². The average molecular weight is 481 g/mol. The molecule has 0 aliphatic rings. The summed E-state index contributed by atoms with van der Waals surface area (Å²) in [5.74, 6) is -3.83. The van der Waals surface area contributed by atoms with Gasteiger partial charge in [-0.15, -0.1) is 0 Å². The van der Waals surface area contributed by atoms with Gasteiger partial charge >= 0.3 is 5.97 Å². The molecule has 0 saturated carbocycles.